The van der Waals surface area contributed by atoms with Gasteiger partial charge in [0.2, 0.25) is 0 Å². The second-order valence-corrected chi connectivity index (χ2v) is 7.17. The molecule has 0 unspecified atom stereocenters. The molecule has 4 rings (SSSR count). The molecular weight excluding hydrogens is 350 g/mol. The van der Waals surface area contributed by atoms with Gasteiger partial charge in [0.25, 0.3) is 0 Å². The van der Waals surface area contributed by atoms with E-state index in [4.69, 9.17) is 11.6 Å². The highest BCUT2D eigenvalue weighted by atomic mass is 35.5. The Kier molecular flexibility index (Phi) is 4.93. The van der Waals surface area contributed by atoms with Crippen LogP contribution in [0.4, 0.5) is 16.3 Å². The Morgan fingerprint density at radius 2 is 1.81 bits per heavy atom. The van der Waals surface area contributed by atoms with Crippen molar-refractivity contribution in [2.45, 2.75) is 25.7 Å². The summed E-state index contributed by atoms with van der Waals surface area (Å²) in [6, 6.07) is 9.34. The number of para-hydroxylation sites is 1. The van der Waals surface area contributed by atoms with E-state index in [1.807, 2.05) is 17.0 Å². The molecule has 1 aromatic carbocycles. The predicted octanol–water partition coefficient (Wildman–Crippen LogP) is 3.36. The van der Waals surface area contributed by atoms with Gasteiger partial charge in [-0.1, -0.05) is 23.7 Å². The van der Waals surface area contributed by atoms with Crippen molar-refractivity contribution in [1.29, 1.82) is 0 Å². The molecule has 6 nitrogen and oxygen atoms in total. The molecule has 2 heterocycles. The highest BCUT2D eigenvalue weighted by Gasteiger charge is 2.23. The number of anilines is 2. The fraction of sp³-hybridized carbons (Fsp3) is 0.421. The number of benzene rings is 1. The van der Waals surface area contributed by atoms with E-state index in [1.165, 1.54) is 18.4 Å². The summed E-state index contributed by atoms with van der Waals surface area (Å²) in [5.74, 6) is 0.928. The van der Waals surface area contributed by atoms with Gasteiger partial charge >= 0.3 is 6.03 Å². The van der Waals surface area contributed by atoms with Crippen LogP contribution in [0.2, 0.25) is 5.02 Å². The van der Waals surface area contributed by atoms with Gasteiger partial charge in [-0.25, -0.2) is 4.79 Å². The summed E-state index contributed by atoms with van der Waals surface area (Å²) in [4.78, 5) is 16.5. The summed E-state index contributed by atoms with van der Waals surface area (Å²) < 4.78 is 0. The minimum atomic E-state index is -0.116. The predicted molar refractivity (Wildman–Crippen MR) is 103 cm³/mol. The van der Waals surface area contributed by atoms with Gasteiger partial charge in [0.15, 0.2) is 5.82 Å². The number of fused-ring (bicyclic) bond motifs is 1. The summed E-state index contributed by atoms with van der Waals surface area (Å²) in [5.41, 5.74) is 3.13. The van der Waals surface area contributed by atoms with Crippen LogP contribution in [0.5, 0.6) is 0 Å². The first-order valence-corrected chi connectivity index (χ1v) is 9.49. The molecule has 0 atom stereocenters. The van der Waals surface area contributed by atoms with Crippen molar-refractivity contribution in [3.05, 3.63) is 46.6 Å². The number of urea groups is 1. The van der Waals surface area contributed by atoms with E-state index >= 15 is 0 Å². The van der Waals surface area contributed by atoms with Gasteiger partial charge in [0, 0.05) is 26.2 Å². The maximum atomic E-state index is 12.5. The van der Waals surface area contributed by atoms with Crippen LogP contribution in [0.15, 0.2) is 30.3 Å². The Morgan fingerprint density at radius 1 is 1.04 bits per heavy atom. The molecule has 1 saturated heterocycles. The Labute approximate surface area is 158 Å². The van der Waals surface area contributed by atoms with Gasteiger partial charge in [-0.2, -0.15) is 5.10 Å². The summed E-state index contributed by atoms with van der Waals surface area (Å²) in [6.07, 6.45) is 4.57. The van der Waals surface area contributed by atoms with Gasteiger partial charge in [-0.3, -0.25) is 0 Å². The van der Waals surface area contributed by atoms with Gasteiger partial charge in [-0.15, -0.1) is 5.10 Å². The summed E-state index contributed by atoms with van der Waals surface area (Å²) in [6.45, 7) is 2.80. The number of amides is 2. The summed E-state index contributed by atoms with van der Waals surface area (Å²) >= 11 is 6.11. The Hall–Kier alpha value is -2.34. The van der Waals surface area contributed by atoms with E-state index in [1.54, 1.807) is 12.1 Å². The van der Waals surface area contributed by atoms with Gasteiger partial charge in [0.1, 0.15) is 0 Å². The van der Waals surface area contributed by atoms with Crippen LogP contribution < -0.4 is 10.2 Å². The monoisotopic (exact) mass is 371 g/mol. The molecule has 2 aliphatic rings. The molecule has 7 heteroatoms. The van der Waals surface area contributed by atoms with Gasteiger partial charge < -0.3 is 15.1 Å². The van der Waals surface area contributed by atoms with Crippen LogP contribution in [-0.4, -0.2) is 47.3 Å². The molecule has 0 bridgehead atoms. The molecule has 0 saturated carbocycles. The van der Waals surface area contributed by atoms with Crippen molar-refractivity contribution in [3.63, 3.8) is 0 Å². The van der Waals surface area contributed by atoms with Crippen molar-refractivity contribution in [3.8, 4) is 0 Å². The minimum Gasteiger partial charge on any atom is -0.352 e. The first-order chi connectivity index (χ1) is 12.7. The number of hydrogen-bond acceptors (Lipinski definition) is 4. The largest absolute Gasteiger partial charge is 0.352 e. The molecule has 1 aliphatic heterocycles. The lowest BCUT2D eigenvalue weighted by Gasteiger charge is -2.35. The van der Waals surface area contributed by atoms with Crippen LogP contribution >= 0.6 is 11.6 Å². The molecule has 1 N–H and O–H groups in total. The molecule has 0 radical (unpaired) electrons. The zero-order chi connectivity index (χ0) is 17.9. The number of hydrogen-bond donors (Lipinski definition) is 1. The van der Waals surface area contributed by atoms with Crippen molar-refractivity contribution < 1.29 is 4.79 Å². The van der Waals surface area contributed by atoms with Gasteiger partial charge in [0.05, 0.1) is 16.4 Å². The Bertz CT molecular complexity index is 804. The number of carbonyl (C=O) groups excluding carboxylic acids is 1. The van der Waals surface area contributed by atoms with E-state index in [0.717, 1.165) is 37.4 Å². The van der Waals surface area contributed by atoms with Crippen molar-refractivity contribution >= 4 is 29.1 Å². The number of aromatic nitrogens is 2. The number of aryl methyl sites for hydroxylation is 2. The smallest absolute Gasteiger partial charge is 0.322 e. The molecule has 1 fully saturated rings. The lowest BCUT2D eigenvalue weighted by Crippen LogP contribution is -2.50. The van der Waals surface area contributed by atoms with Crippen LogP contribution in [0.3, 0.4) is 0 Å². The van der Waals surface area contributed by atoms with Gasteiger partial charge in [-0.05, 0) is 49.4 Å². The van der Waals surface area contributed by atoms with E-state index in [-0.39, 0.29) is 6.03 Å². The zero-order valence-electron chi connectivity index (χ0n) is 14.6. The fourth-order valence-corrected chi connectivity index (χ4v) is 3.71. The number of halogens is 1. The molecule has 2 amide bonds. The van der Waals surface area contributed by atoms with Crippen molar-refractivity contribution in [2.24, 2.45) is 0 Å². The average molecular weight is 372 g/mol. The highest BCUT2D eigenvalue weighted by Crippen LogP contribution is 2.24. The zero-order valence-corrected chi connectivity index (χ0v) is 15.4. The van der Waals surface area contributed by atoms with E-state index in [9.17, 15) is 4.79 Å². The Morgan fingerprint density at radius 3 is 2.62 bits per heavy atom. The third-order valence-electron chi connectivity index (χ3n) is 5.06. The number of nitrogens with zero attached hydrogens (tertiary/aromatic N) is 4. The molecule has 0 spiro atoms. The fourth-order valence-electron chi connectivity index (χ4n) is 3.53. The average Bonchev–Trinajstić information content (AvgIpc) is 2.69. The second-order valence-electron chi connectivity index (χ2n) is 6.77. The third-order valence-corrected chi connectivity index (χ3v) is 5.39. The number of nitrogens with one attached hydrogen (secondary N) is 1. The maximum Gasteiger partial charge on any atom is 0.322 e. The first kappa shape index (κ1) is 17.1. The maximum absolute atomic E-state index is 12.5. The number of carbonyl (C=O) groups is 1. The number of rotatable bonds is 2. The van der Waals surface area contributed by atoms with Crippen LogP contribution in [0.25, 0.3) is 0 Å². The van der Waals surface area contributed by atoms with E-state index in [0.29, 0.717) is 23.8 Å². The number of piperazine rings is 1. The van der Waals surface area contributed by atoms with Crippen LogP contribution in [0, 0.1) is 0 Å². The SMILES string of the molecule is O=C(Nc1ccccc1Cl)N1CCN(c2cc3c(nn2)CCCC3)CC1. The molecule has 26 heavy (non-hydrogen) atoms. The second kappa shape index (κ2) is 7.50. The summed E-state index contributed by atoms with van der Waals surface area (Å²) in [7, 11) is 0. The third kappa shape index (κ3) is 3.60. The topological polar surface area (TPSA) is 61.4 Å². The first-order valence-electron chi connectivity index (χ1n) is 9.11. The lowest BCUT2D eigenvalue weighted by atomic mass is 9.97. The highest BCUT2D eigenvalue weighted by molar-refractivity contribution is 6.33. The van der Waals surface area contributed by atoms with Crippen LogP contribution in [-0.2, 0) is 12.8 Å². The molecule has 2 aromatic rings. The summed E-state index contributed by atoms with van der Waals surface area (Å²) in [5, 5.41) is 12.2. The van der Waals surface area contributed by atoms with E-state index < -0.39 is 0 Å². The van der Waals surface area contributed by atoms with Crippen molar-refractivity contribution in [2.75, 3.05) is 36.4 Å². The molecular formula is C19H22ClN5O. The quantitative estimate of drug-likeness (QED) is 0.879. The van der Waals surface area contributed by atoms with Crippen LogP contribution in [0.1, 0.15) is 24.1 Å². The Balaban J connectivity index is 1.36. The normalized spacial score (nSPS) is 17.0. The lowest BCUT2D eigenvalue weighted by molar-refractivity contribution is 0.208. The van der Waals surface area contributed by atoms with Crippen molar-refractivity contribution in [1.82, 2.24) is 15.1 Å². The minimum absolute atomic E-state index is 0.116. The standard InChI is InChI=1S/C19H22ClN5O/c20-15-6-2-4-8-17(15)21-19(26)25-11-9-24(10-12-25)18-13-14-5-1-3-7-16(14)22-23-18/h2,4,6,8,13H,1,3,5,7,9-12H2,(H,21,26). The molecule has 1 aliphatic carbocycles. The molecule has 1 aromatic heterocycles. The molecule has 136 valence electrons. The van der Waals surface area contributed by atoms with E-state index in [2.05, 4.69) is 26.5 Å².